The molecule has 0 aliphatic heterocycles. The maximum atomic E-state index is 12.2. The fourth-order valence-corrected chi connectivity index (χ4v) is 4.64. The second-order valence-corrected chi connectivity index (χ2v) is 9.57. The molecule has 5 heteroatoms. The maximum Gasteiger partial charge on any atom is 0.186 e. The van der Waals surface area contributed by atoms with Gasteiger partial charge in [0.1, 0.15) is 0 Å². The summed E-state index contributed by atoms with van der Waals surface area (Å²) in [5, 5.41) is -0.289. The minimum absolute atomic E-state index is 0.00543. The Morgan fingerprint density at radius 3 is 1.77 bits per heavy atom. The predicted molar refractivity (Wildman–Crippen MR) is 142 cm³/mol. The lowest BCUT2D eigenvalue weighted by Gasteiger charge is -2.32. The average Bonchev–Trinajstić information content (AvgIpc) is 2.88. The quantitative estimate of drug-likeness (QED) is 0.259. The molecular weight excluding hydrogens is 456 g/mol. The van der Waals surface area contributed by atoms with Crippen LogP contribution in [0.25, 0.3) is 0 Å². The van der Waals surface area contributed by atoms with Gasteiger partial charge < -0.3 is 14.2 Å². The maximum absolute atomic E-state index is 12.2. The molecule has 4 nitrogen and oxygen atoms in total. The normalized spacial score (nSPS) is 13.5. The summed E-state index contributed by atoms with van der Waals surface area (Å²) >= 11 is 1.22. The topological polar surface area (TPSA) is 44.8 Å². The van der Waals surface area contributed by atoms with Gasteiger partial charge in [-0.1, -0.05) is 103 Å². The van der Waals surface area contributed by atoms with E-state index >= 15 is 0 Å². The Labute approximate surface area is 213 Å². The van der Waals surface area contributed by atoms with Crippen molar-refractivity contribution in [3.05, 3.63) is 108 Å². The number of hydrogen-bond acceptors (Lipinski definition) is 5. The molecule has 0 saturated heterocycles. The number of ether oxygens (including phenoxy) is 3. The zero-order valence-electron chi connectivity index (χ0n) is 20.0. The van der Waals surface area contributed by atoms with Crippen LogP contribution in [-0.4, -0.2) is 29.2 Å². The van der Waals surface area contributed by atoms with Crippen LogP contribution in [0, 0.1) is 12.3 Å². The first-order chi connectivity index (χ1) is 17.2. The van der Waals surface area contributed by atoms with Gasteiger partial charge in [-0.2, -0.15) is 0 Å². The molecule has 182 valence electrons. The van der Waals surface area contributed by atoms with Crippen LogP contribution in [0.5, 0.6) is 0 Å². The second kappa shape index (κ2) is 15.2. The van der Waals surface area contributed by atoms with E-state index < -0.39 is 12.2 Å². The highest BCUT2D eigenvalue weighted by Crippen LogP contribution is 2.26. The molecule has 3 rings (SSSR count). The molecule has 3 aromatic rings. The molecule has 0 saturated carbocycles. The third-order valence-electron chi connectivity index (χ3n) is 5.36. The molecular formula is C30H32O4S. The molecule has 0 radical (unpaired) electrons. The molecule has 0 fully saturated rings. The summed E-state index contributed by atoms with van der Waals surface area (Å²) in [6, 6.07) is 29.8. The Hall–Kier alpha value is -2.88. The standard InChI is InChI=1S/C30H32O4S/c1-3-13-28(33-21-26-16-9-5-10-17-26)30(34-22-27-18-11-6-12-19-27)29(35-24(2)31)23-32-20-25-14-7-4-8-15-25/h1,4-12,14-19,28-30H,13,20-23H2,2H3/t28-,29-,30+/m1/s1. The lowest BCUT2D eigenvalue weighted by molar-refractivity contribution is -0.109. The third-order valence-corrected chi connectivity index (χ3v) is 6.39. The van der Waals surface area contributed by atoms with Crippen LogP contribution in [0.1, 0.15) is 30.0 Å². The van der Waals surface area contributed by atoms with Crippen molar-refractivity contribution in [3.8, 4) is 12.3 Å². The van der Waals surface area contributed by atoms with Crippen LogP contribution in [0.15, 0.2) is 91.0 Å². The number of rotatable bonds is 14. The van der Waals surface area contributed by atoms with E-state index in [0.717, 1.165) is 16.7 Å². The van der Waals surface area contributed by atoms with Gasteiger partial charge in [-0.25, -0.2) is 0 Å². The zero-order chi connectivity index (χ0) is 24.7. The van der Waals surface area contributed by atoms with Crippen molar-refractivity contribution in [1.29, 1.82) is 0 Å². The van der Waals surface area contributed by atoms with Crippen LogP contribution < -0.4 is 0 Å². The van der Waals surface area contributed by atoms with Gasteiger partial charge >= 0.3 is 0 Å². The second-order valence-electron chi connectivity index (χ2n) is 8.15. The number of thioether (sulfide) groups is 1. The molecule has 0 spiro atoms. The largest absolute Gasteiger partial charge is 0.376 e. The first kappa shape index (κ1) is 26.7. The number of terminal acetylenes is 1. The zero-order valence-corrected chi connectivity index (χ0v) is 20.9. The lowest BCUT2D eigenvalue weighted by Crippen LogP contribution is -2.42. The Morgan fingerprint density at radius 1 is 0.800 bits per heavy atom. The van der Waals surface area contributed by atoms with E-state index in [1.165, 1.54) is 11.8 Å². The molecule has 0 amide bonds. The summed E-state index contributed by atoms with van der Waals surface area (Å²) in [6.45, 7) is 3.13. The SMILES string of the molecule is C#CC[C@@H](OCc1ccccc1)[C@H](OCc1ccccc1)[C@@H](COCc1ccccc1)SC(C)=O. The van der Waals surface area contributed by atoms with Gasteiger partial charge in [0.05, 0.1) is 43.9 Å². The third kappa shape index (κ3) is 9.71. The number of hydrogen-bond donors (Lipinski definition) is 0. The molecule has 3 aromatic carbocycles. The minimum atomic E-state index is -0.445. The summed E-state index contributed by atoms with van der Waals surface area (Å²) < 4.78 is 18.8. The van der Waals surface area contributed by atoms with E-state index in [1.54, 1.807) is 6.92 Å². The summed E-state index contributed by atoms with van der Waals surface area (Å²) in [4.78, 5) is 12.2. The van der Waals surface area contributed by atoms with Gasteiger partial charge in [0, 0.05) is 13.3 Å². The van der Waals surface area contributed by atoms with Crippen molar-refractivity contribution in [1.82, 2.24) is 0 Å². The van der Waals surface area contributed by atoms with Crippen LogP contribution >= 0.6 is 11.8 Å². The van der Waals surface area contributed by atoms with Crippen molar-refractivity contribution < 1.29 is 19.0 Å². The lowest BCUT2D eigenvalue weighted by atomic mass is 10.1. The van der Waals surface area contributed by atoms with Crippen LogP contribution in [0.2, 0.25) is 0 Å². The molecule has 0 bridgehead atoms. The first-order valence-corrected chi connectivity index (χ1v) is 12.6. The van der Waals surface area contributed by atoms with Crippen molar-refractivity contribution in [3.63, 3.8) is 0 Å². The fraction of sp³-hybridized carbons (Fsp3) is 0.300. The van der Waals surface area contributed by atoms with Crippen molar-refractivity contribution >= 4 is 16.9 Å². The average molecular weight is 489 g/mol. The molecule has 0 heterocycles. The van der Waals surface area contributed by atoms with E-state index in [-0.39, 0.29) is 10.4 Å². The van der Waals surface area contributed by atoms with Gasteiger partial charge in [0.25, 0.3) is 0 Å². The van der Waals surface area contributed by atoms with Crippen LogP contribution in [0.4, 0.5) is 0 Å². The fourth-order valence-electron chi connectivity index (χ4n) is 3.66. The molecule has 0 N–H and O–H groups in total. The number of carbonyl (C=O) groups is 1. The van der Waals surface area contributed by atoms with Gasteiger partial charge in [0.15, 0.2) is 5.12 Å². The van der Waals surface area contributed by atoms with Gasteiger partial charge in [-0.05, 0) is 16.7 Å². The summed E-state index contributed by atoms with van der Waals surface area (Å²) in [7, 11) is 0. The monoisotopic (exact) mass is 488 g/mol. The Kier molecular flexibility index (Phi) is 11.6. The van der Waals surface area contributed by atoms with E-state index in [4.69, 9.17) is 20.6 Å². The summed E-state index contributed by atoms with van der Waals surface area (Å²) in [5.74, 6) is 2.73. The number of carbonyl (C=O) groups excluding carboxylic acids is 1. The Balaban J connectivity index is 1.77. The van der Waals surface area contributed by atoms with E-state index in [1.807, 2.05) is 91.0 Å². The van der Waals surface area contributed by atoms with E-state index in [2.05, 4.69) is 5.92 Å². The Bertz CT molecular complexity index is 1030. The molecule has 0 unspecified atom stereocenters. The highest BCUT2D eigenvalue weighted by molar-refractivity contribution is 8.14. The summed E-state index contributed by atoms with van der Waals surface area (Å²) in [6.07, 6.45) is 5.24. The van der Waals surface area contributed by atoms with E-state index in [9.17, 15) is 4.79 Å². The first-order valence-electron chi connectivity index (χ1n) is 11.7. The smallest absolute Gasteiger partial charge is 0.186 e. The van der Waals surface area contributed by atoms with Gasteiger partial charge in [0.2, 0.25) is 0 Å². The van der Waals surface area contributed by atoms with Gasteiger partial charge in [-0.3, -0.25) is 4.79 Å². The molecule has 3 atom stereocenters. The Morgan fingerprint density at radius 2 is 1.29 bits per heavy atom. The highest BCUT2D eigenvalue weighted by atomic mass is 32.2. The molecule has 35 heavy (non-hydrogen) atoms. The number of benzene rings is 3. The summed E-state index contributed by atoms with van der Waals surface area (Å²) in [5.41, 5.74) is 3.16. The van der Waals surface area contributed by atoms with Crippen LogP contribution in [-0.2, 0) is 38.8 Å². The van der Waals surface area contributed by atoms with Crippen molar-refractivity contribution in [2.45, 2.75) is 50.6 Å². The van der Waals surface area contributed by atoms with Crippen LogP contribution in [0.3, 0.4) is 0 Å². The molecule has 0 aliphatic rings. The van der Waals surface area contributed by atoms with Crippen molar-refractivity contribution in [2.75, 3.05) is 6.61 Å². The van der Waals surface area contributed by atoms with Crippen molar-refractivity contribution in [2.24, 2.45) is 0 Å². The molecule has 0 aliphatic carbocycles. The predicted octanol–water partition coefficient (Wildman–Crippen LogP) is 6.05. The van der Waals surface area contributed by atoms with E-state index in [0.29, 0.717) is 32.8 Å². The van der Waals surface area contributed by atoms with Gasteiger partial charge in [-0.15, -0.1) is 12.3 Å². The highest BCUT2D eigenvalue weighted by Gasteiger charge is 2.33. The molecule has 0 aromatic heterocycles. The minimum Gasteiger partial charge on any atom is -0.376 e.